The maximum atomic E-state index is 13.1. The highest BCUT2D eigenvalue weighted by Gasteiger charge is 2.10. The van der Waals surface area contributed by atoms with Crippen LogP contribution in [0.5, 0.6) is 0 Å². The molecule has 3 rings (SSSR count). The number of benzene rings is 2. The van der Waals surface area contributed by atoms with Crippen LogP contribution < -0.4 is 5.73 Å². The molecule has 2 N–H and O–H groups in total. The molecule has 1 aromatic heterocycles. The molecule has 4 heteroatoms. The van der Waals surface area contributed by atoms with Crippen LogP contribution in [0.2, 0.25) is 0 Å². The lowest BCUT2D eigenvalue weighted by molar-refractivity contribution is 0.627. The number of nitrogens with zero attached hydrogens (tertiary/aromatic N) is 2. The molecular formula is C16H16FN3. The van der Waals surface area contributed by atoms with Gasteiger partial charge in [-0.3, -0.25) is 0 Å². The summed E-state index contributed by atoms with van der Waals surface area (Å²) in [7, 11) is 0. The lowest BCUT2D eigenvalue weighted by Gasteiger charge is -2.10. The minimum atomic E-state index is -0.308. The third kappa shape index (κ3) is 2.13. The number of nitrogens with two attached hydrogens (primary N) is 1. The highest BCUT2D eigenvalue weighted by Crippen LogP contribution is 2.21. The SMILES string of the molecule is CCc1nc2ccccc2n1Cc1ccc(F)cc1N. The normalized spacial score (nSPS) is 11.1. The average Bonchev–Trinajstić information content (AvgIpc) is 2.80. The van der Waals surface area contributed by atoms with E-state index in [4.69, 9.17) is 5.73 Å². The van der Waals surface area contributed by atoms with Crippen molar-refractivity contribution in [3.05, 3.63) is 59.7 Å². The van der Waals surface area contributed by atoms with E-state index >= 15 is 0 Å². The maximum Gasteiger partial charge on any atom is 0.125 e. The van der Waals surface area contributed by atoms with Crippen LogP contribution >= 0.6 is 0 Å². The van der Waals surface area contributed by atoms with Crippen LogP contribution in [0.15, 0.2) is 42.5 Å². The molecular weight excluding hydrogens is 253 g/mol. The van der Waals surface area contributed by atoms with E-state index in [0.717, 1.165) is 28.8 Å². The van der Waals surface area contributed by atoms with Crippen molar-refractivity contribution < 1.29 is 4.39 Å². The first kappa shape index (κ1) is 12.7. The van der Waals surface area contributed by atoms with Crippen LogP contribution in [0.1, 0.15) is 18.3 Å². The molecule has 0 aliphatic heterocycles. The Morgan fingerprint density at radius 1 is 1.20 bits per heavy atom. The standard InChI is InChI=1S/C16H16FN3/c1-2-16-19-14-5-3-4-6-15(14)20(16)10-11-7-8-12(17)9-13(11)18/h3-9H,2,10,18H2,1H3. The molecule has 0 unspecified atom stereocenters. The van der Waals surface area contributed by atoms with E-state index in [-0.39, 0.29) is 5.82 Å². The Morgan fingerprint density at radius 2 is 2.00 bits per heavy atom. The van der Waals surface area contributed by atoms with Gasteiger partial charge in [-0.05, 0) is 29.8 Å². The second-order valence-electron chi connectivity index (χ2n) is 4.80. The molecule has 0 atom stereocenters. The van der Waals surface area contributed by atoms with Crippen LogP contribution in [0, 0.1) is 5.82 Å². The van der Waals surface area contributed by atoms with Crippen molar-refractivity contribution in [1.29, 1.82) is 0 Å². The van der Waals surface area contributed by atoms with Gasteiger partial charge in [0.05, 0.1) is 17.6 Å². The number of anilines is 1. The summed E-state index contributed by atoms with van der Waals surface area (Å²) in [6, 6.07) is 12.6. The number of hydrogen-bond donors (Lipinski definition) is 1. The molecule has 20 heavy (non-hydrogen) atoms. The first-order chi connectivity index (χ1) is 9.69. The highest BCUT2D eigenvalue weighted by atomic mass is 19.1. The van der Waals surface area contributed by atoms with E-state index < -0.39 is 0 Å². The van der Waals surface area contributed by atoms with Gasteiger partial charge in [0.25, 0.3) is 0 Å². The molecule has 3 nitrogen and oxygen atoms in total. The zero-order valence-corrected chi connectivity index (χ0v) is 11.3. The third-order valence-corrected chi connectivity index (χ3v) is 3.49. The number of para-hydroxylation sites is 2. The summed E-state index contributed by atoms with van der Waals surface area (Å²) in [6.07, 6.45) is 0.843. The molecule has 0 fully saturated rings. The topological polar surface area (TPSA) is 43.8 Å². The average molecular weight is 269 g/mol. The second kappa shape index (κ2) is 4.96. The predicted molar refractivity (Wildman–Crippen MR) is 79.0 cm³/mol. The fourth-order valence-electron chi connectivity index (χ4n) is 2.45. The Kier molecular flexibility index (Phi) is 3.14. The number of imidazole rings is 1. The van der Waals surface area contributed by atoms with Gasteiger partial charge in [-0.2, -0.15) is 0 Å². The Morgan fingerprint density at radius 3 is 2.75 bits per heavy atom. The number of aromatic nitrogens is 2. The largest absolute Gasteiger partial charge is 0.398 e. The van der Waals surface area contributed by atoms with Gasteiger partial charge in [0.15, 0.2) is 0 Å². The van der Waals surface area contributed by atoms with E-state index in [1.54, 1.807) is 6.07 Å². The van der Waals surface area contributed by atoms with Crippen molar-refractivity contribution in [2.45, 2.75) is 19.9 Å². The van der Waals surface area contributed by atoms with Crippen molar-refractivity contribution in [2.75, 3.05) is 5.73 Å². The Hall–Kier alpha value is -2.36. The van der Waals surface area contributed by atoms with E-state index in [0.29, 0.717) is 12.2 Å². The van der Waals surface area contributed by atoms with Crippen molar-refractivity contribution >= 4 is 16.7 Å². The van der Waals surface area contributed by atoms with Gasteiger partial charge >= 0.3 is 0 Å². The van der Waals surface area contributed by atoms with E-state index in [1.165, 1.54) is 12.1 Å². The van der Waals surface area contributed by atoms with Crippen LogP contribution in [-0.2, 0) is 13.0 Å². The maximum absolute atomic E-state index is 13.1. The summed E-state index contributed by atoms with van der Waals surface area (Å²) in [5.74, 6) is 0.701. The number of fused-ring (bicyclic) bond motifs is 1. The van der Waals surface area contributed by atoms with Gasteiger partial charge < -0.3 is 10.3 Å². The molecule has 0 aliphatic carbocycles. The van der Waals surface area contributed by atoms with Gasteiger partial charge in [-0.25, -0.2) is 9.37 Å². The number of rotatable bonds is 3. The lowest BCUT2D eigenvalue weighted by Crippen LogP contribution is -2.06. The van der Waals surface area contributed by atoms with Crippen molar-refractivity contribution in [1.82, 2.24) is 9.55 Å². The zero-order valence-electron chi connectivity index (χ0n) is 11.3. The Labute approximate surface area is 116 Å². The second-order valence-corrected chi connectivity index (χ2v) is 4.80. The van der Waals surface area contributed by atoms with Gasteiger partial charge in [0.2, 0.25) is 0 Å². The van der Waals surface area contributed by atoms with Gasteiger partial charge in [-0.1, -0.05) is 25.1 Å². The molecule has 1 heterocycles. The molecule has 0 bridgehead atoms. The zero-order chi connectivity index (χ0) is 14.1. The highest BCUT2D eigenvalue weighted by molar-refractivity contribution is 5.76. The van der Waals surface area contributed by atoms with Crippen molar-refractivity contribution in [2.24, 2.45) is 0 Å². The summed E-state index contributed by atoms with van der Waals surface area (Å²) < 4.78 is 15.3. The van der Waals surface area contributed by atoms with Crippen molar-refractivity contribution in [3.63, 3.8) is 0 Å². The van der Waals surface area contributed by atoms with Gasteiger partial charge in [0.1, 0.15) is 11.6 Å². The summed E-state index contributed by atoms with van der Waals surface area (Å²) >= 11 is 0. The number of nitrogen functional groups attached to an aromatic ring is 1. The molecule has 0 saturated heterocycles. The molecule has 2 aromatic carbocycles. The number of hydrogen-bond acceptors (Lipinski definition) is 2. The van der Waals surface area contributed by atoms with E-state index in [2.05, 4.69) is 16.5 Å². The minimum absolute atomic E-state index is 0.308. The smallest absolute Gasteiger partial charge is 0.125 e. The van der Waals surface area contributed by atoms with Crippen LogP contribution in [0.4, 0.5) is 10.1 Å². The molecule has 0 aliphatic rings. The van der Waals surface area contributed by atoms with Gasteiger partial charge in [0, 0.05) is 12.1 Å². The fraction of sp³-hybridized carbons (Fsp3) is 0.188. The first-order valence-electron chi connectivity index (χ1n) is 6.67. The monoisotopic (exact) mass is 269 g/mol. The van der Waals surface area contributed by atoms with Crippen LogP contribution in [-0.4, -0.2) is 9.55 Å². The number of halogens is 1. The molecule has 0 radical (unpaired) electrons. The van der Waals surface area contributed by atoms with Gasteiger partial charge in [-0.15, -0.1) is 0 Å². The minimum Gasteiger partial charge on any atom is -0.398 e. The van der Waals surface area contributed by atoms with Crippen LogP contribution in [0.3, 0.4) is 0 Å². The quantitative estimate of drug-likeness (QED) is 0.741. The first-order valence-corrected chi connectivity index (χ1v) is 6.67. The Bertz CT molecular complexity index is 762. The molecule has 0 saturated carbocycles. The summed E-state index contributed by atoms with van der Waals surface area (Å²) in [6.45, 7) is 2.68. The fourth-order valence-corrected chi connectivity index (χ4v) is 2.45. The number of aryl methyl sites for hydroxylation is 1. The summed E-state index contributed by atoms with van der Waals surface area (Å²) in [5.41, 5.74) is 9.34. The lowest BCUT2D eigenvalue weighted by atomic mass is 10.1. The third-order valence-electron chi connectivity index (χ3n) is 3.49. The molecule has 0 spiro atoms. The van der Waals surface area contributed by atoms with E-state index in [9.17, 15) is 4.39 Å². The predicted octanol–water partition coefficient (Wildman–Crippen LogP) is 3.37. The molecule has 102 valence electrons. The molecule has 0 amide bonds. The van der Waals surface area contributed by atoms with Crippen LogP contribution in [0.25, 0.3) is 11.0 Å². The molecule has 3 aromatic rings. The van der Waals surface area contributed by atoms with E-state index in [1.807, 2.05) is 24.3 Å². The summed E-state index contributed by atoms with van der Waals surface area (Å²) in [4.78, 5) is 4.62. The Balaban J connectivity index is 2.09. The summed E-state index contributed by atoms with van der Waals surface area (Å²) in [5, 5.41) is 0. The van der Waals surface area contributed by atoms with Crippen molar-refractivity contribution in [3.8, 4) is 0 Å².